The van der Waals surface area contributed by atoms with Crippen molar-refractivity contribution >= 4 is 24.2 Å². The van der Waals surface area contributed by atoms with Gasteiger partial charge in [-0.25, -0.2) is 4.39 Å². The molecule has 0 bridgehead atoms. The Morgan fingerprint density at radius 2 is 1.79 bits per heavy atom. The Morgan fingerprint density at radius 3 is 2.42 bits per heavy atom. The number of hydrogen-bond acceptors (Lipinski definition) is 3. The molecule has 0 unspecified atom stereocenters. The highest BCUT2D eigenvalue weighted by Gasteiger charge is 2.23. The lowest BCUT2D eigenvalue weighted by Crippen LogP contribution is -2.34. The molecule has 0 fully saturated rings. The number of rotatable bonds is 4. The van der Waals surface area contributed by atoms with Gasteiger partial charge in [-0.05, 0) is 17.7 Å². The molecule has 0 aliphatic carbocycles. The molecule has 2 aromatic rings. The Morgan fingerprint density at radius 1 is 1.11 bits per heavy atom. The first-order chi connectivity index (χ1) is 9.09. The monoisotopic (exact) mass is 280 g/mol. The first-order valence-electron chi connectivity index (χ1n) is 5.60. The first kappa shape index (κ1) is 13.9. The molecule has 0 saturated carbocycles. The zero-order chi connectivity index (χ0) is 13.8. The van der Waals surface area contributed by atoms with Crippen LogP contribution in [0.4, 0.5) is 4.39 Å². The van der Waals surface area contributed by atoms with Crippen molar-refractivity contribution < 1.29 is 19.2 Å². The second-order valence-corrected chi connectivity index (χ2v) is 4.30. The van der Waals surface area contributed by atoms with E-state index in [2.05, 4.69) is 0 Å². The van der Waals surface area contributed by atoms with Gasteiger partial charge in [0.1, 0.15) is 18.2 Å². The molecular formula is C13H11BClFO3. The van der Waals surface area contributed by atoms with Crippen molar-refractivity contribution in [3.05, 3.63) is 58.9 Å². The summed E-state index contributed by atoms with van der Waals surface area (Å²) >= 11 is 5.89. The van der Waals surface area contributed by atoms with Gasteiger partial charge >= 0.3 is 7.12 Å². The van der Waals surface area contributed by atoms with E-state index < -0.39 is 12.9 Å². The molecule has 0 atom stereocenters. The van der Waals surface area contributed by atoms with Crippen LogP contribution in [0, 0.1) is 5.82 Å². The molecule has 0 saturated heterocycles. The fraction of sp³-hybridized carbons (Fsp3) is 0.0769. The van der Waals surface area contributed by atoms with E-state index in [1.807, 2.05) is 30.3 Å². The van der Waals surface area contributed by atoms with Crippen LogP contribution in [0.25, 0.3) is 0 Å². The van der Waals surface area contributed by atoms with E-state index in [0.29, 0.717) is 0 Å². The van der Waals surface area contributed by atoms with Gasteiger partial charge in [0.05, 0.1) is 5.02 Å². The smallest absolute Gasteiger partial charge is 0.487 e. The molecular weight excluding hydrogens is 269 g/mol. The highest BCUT2D eigenvalue weighted by molar-refractivity contribution is 6.63. The van der Waals surface area contributed by atoms with Gasteiger partial charge < -0.3 is 14.8 Å². The lowest BCUT2D eigenvalue weighted by molar-refractivity contribution is 0.306. The van der Waals surface area contributed by atoms with Gasteiger partial charge in [0, 0.05) is 5.46 Å². The number of benzene rings is 2. The summed E-state index contributed by atoms with van der Waals surface area (Å²) in [4.78, 5) is 0. The molecule has 0 amide bonds. The van der Waals surface area contributed by atoms with Crippen LogP contribution in [0.15, 0.2) is 42.5 Å². The number of halogens is 2. The summed E-state index contributed by atoms with van der Waals surface area (Å²) in [6.45, 7) is 0.257. The zero-order valence-corrected chi connectivity index (χ0v) is 10.6. The number of ether oxygens (including phenoxy) is 1. The van der Waals surface area contributed by atoms with Gasteiger partial charge in [0.25, 0.3) is 0 Å². The maximum Gasteiger partial charge on any atom is 0.493 e. The van der Waals surface area contributed by atoms with Crippen molar-refractivity contribution in [2.75, 3.05) is 0 Å². The summed E-state index contributed by atoms with van der Waals surface area (Å²) in [5, 5.41) is 18.0. The molecule has 0 aliphatic rings. The molecule has 19 heavy (non-hydrogen) atoms. The third-order valence-corrected chi connectivity index (χ3v) is 2.98. The van der Waals surface area contributed by atoms with Gasteiger partial charge in [0.15, 0.2) is 0 Å². The van der Waals surface area contributed by atoms with Crippen molar-refractivity contribution in [3.8, 4) is 5.75 Å². The average molecular weight is 280 g/mol. The largest absolute Gasteiger partial charge is 0.493 e. The normalized spacial score (nSPS) is 10.3. The highest BCUT2D eigenvalue weighted by atomic mass is 35.5. The predicted octanol–water partition coefficient (Wildman–Crippen LogP) is 1.74. The molecule has 3 nitrogen and oxygen atoms in total. The van der Waals surface area contributed by atoms with E-state index >= 15 is 0 Å². The van der Waals surface area contributed by atoms with E-state index in [1.165, 1.54) is 6.07 Å². The van der Waals surface area contributed by atoms with Crippen molar-refractivity contribution in [3.63, 3.8) is 0 Å². The summed E-state index contributed by atoms with van der Waals surface area (Å²) in [6.07, 6.45) is 0. The number of hydrogen-bond donors (Lipinski definition) is 2. The van der Waals surface area contributed by atoms with Gasteiger partial charge in [-0.1, -0.05) is 41.9 Å². The minimum atomic E-state index is -1.98. The van der Waals surface area contributed by atoms with Crippen LogP contribution >= 0.6 is 11.6 Å². The van der Waals surface area contributed by atoms with E-state index in [4.69, 9.17) is 26.4 Å². The molecule has 98 valence electrons. The third-order valence-electron chi connectivity index (χ3n) is 2.59. The predicted molar refractivity (Wildman–Crippen MR) is 72.0 cm³/mol. The molecule has 0 radical (unpaired) electrons. The third kappa shape index (κ3) is 3.26. The first-order valence-corrected chi connectivity index (χ1v) is 5.98. The Kier molecular flexibility index (Phi) is 4.42. The summed E-state index contributed by atoms with van der Waals surface area (Å²) in [5.74, 6) is -0.581. The topological polar surface area (TPSA) is 49.7 Å². The van der Waals surface area contributed by atoms with E-state index in [1.54, 1.807) is 0 Å². The standard InChI is InChI=1S/C13H11BClFO3/c15-13-11(7-6-10(16)12(13)14(17)18)19-8-9-4-2-1-3-5-9/h1-7,17-18H,8H2. The van der Waals surface area contributed by atoms with Gasteiger partial charge in [-0.3, -0.25) is 0 Å². The second-order valence-electron chi connectivity index (χ2n) is 3.92. The van der Waals surface area contributed by atoms with Gasteiger partial charge in [0.2, 0.25) is 0 Å². The minimum Gasteiger partial charge on any atom is -0.487 e. The van der Waals surface area contributed by atoms with Crippen LogP contribution in [0.1, 0.15) is 5.56 Å². The van der Waals surface area contributed by atoms with E-state index in [-0.39, 0.29) is 22.8 Å². The van der Waals surface area contributed by atoms with Crippen LogP contribution in [0.5, 0.6) is 5.75 Å². The molecule has 2 rings (SSSR count). The Balaban J connectivity index is 2.20. The fourth-order valence-electron chi connectivity index (χ4n) is 1.63. The molecule has 0 aromatic heterocycles. The maximum absolute atomic E-state index is 13.4. The average Bonchev–Trinajstić information content (AvgIpc) is 2.38. The molecule has 2 N–H and O–H groups in total. The van der Waals surface area contributed by atoms with E-state index in [9.17, 15) is 4.39 Å². The summed E-state index contributed by atoms with van der Waals surface area (Å²) in [7, 11) is -1.98. The van der Waals surface area contributed by atoms with Crippen LogP contribution in [-0.4, -0.2) is 17.2 Å². The lowest BCUT2D eigenvalue weighted by Gasteiger charge is -2.11. The van der Waals surface area contributed by atoms with Gasteiger partial charge in [-0.2, -0.15) is 0 Å². The Labute approximate surface area is 115 Å². The SMILES string of the molecule is OB(O)c1c(F)ccc(OCc2ccccc2)c1Cl. The van der Waals surface area contributed by atoms with Crippen LogP contribution in [0.3, 0.4) is 0 Å². The van der Waals surface area contributed by atoms with Crippen molar-refractivity contribution in [1.29, 1.82) is 0 Å². The van der Waals surface area contributed by atoms with Crippen LogP contribution in [-0.2, 0) is 6.61 Å². The molecule has 0 spiro atoms. The minimum absolute atomic E-state index is 0.133. The quantitative estimate of drug-likeness (QED) is 0.839. The van der Waals surface area contributed by atoms with Crippen molar-refractivity contribution in [1.82, 2.24) is 0 Å². The summed E-state index contributed by atoms with van der Waals surface area (Å²) in [5.41, 5.74) is 0.543. The molecule has 0 aliphatic heterocycles. The highest BCUT2D eigenvalue weighted by Crippen LogP contribution is 2.24. The van der Waals surface area contributed by atoms with E-state index in [0.717, 1.165) is 11.6 Å². The Bertz CT molecular complexity index is 563. The van der Waals surface area contributed by atoms with Crippen molar-refractivity contribution in [2.45, 2.75) is 6.61 Å². The maximum atomic E-state index is 13.4. The van der Waals surface area contributed by atoms with Crippen LogP contribution in [0.2, 0.25) is 5.02 Å². The molecule has 2 aromatic carbocycles. The molecule has 6 heteroatoms. The summed E-state index contributed by atoms with van der Waals surface area (Å²) in [6, 6.07) is 11.8. The van der Waals surface area contributed by atoms with Crippen LogP contribution < -0.4 is 10.2 Å². The second kappa shape index (κ2) is 6.06. The lowest BCUT2D eigenvalue weighted by atomic mass is 9.79. The summed E-state index contributed by atoms with van der Waals surface area (Å²) < 4.78 is 18.8. The van der Waals surface area contributed by atoms with Gasteiger partial charge in [-0.15, -0.1) is 0 Å². The molecule has 0 heterocycles. The zero-order valence-electron chi connectivity index (χ0n) is 9.88. The fourth-order valence-corrected chi connectivity index (χ4v) is 1.94. The van der Waals surface area contributed by atoms with Crippen molar-refractivity contribution in [2.24, 2.45) is 0 Å². The Hall–Kier alpha value is -1.56.